The van der Waals surface area contributed by atoms with Gasteiger partial charge in [0.05, 0.1) is 12.2 Å². The number of nitrogens with zero attached hydrogens (tertiary/aromatic N) is 1. The Bertz CT molecular complexity index is 724. The van der Waals surface area contributed by atoms with Crippen LogP contribution in [0.3, 0.4) is 0 Å². The predicted octanol–water partition coefficient (Wildman–Crippen LogP) is 3.83. The average Bonchev–Trinajstić information content (AvgIpc) is 3.16. The zero-order chi connectivity index (χ0) is 23.4. The molecule has 0 radical (unpaired) electrons. The van der Waals surface area contributed by atoms with Crippen molar-refractivity contribution in [3.63, 3.8) is 0 Å². The molecule has 0 bridgehead atoms. The van der Waals surface area contributed by atoms with Crippen LogP contribution in [0.15, 0.2) is 0 Å². The maximum Gasteiger partial charge on any atom is 0.222 e. The van der Waals surface area contributed by atoms with Crippen LogP contribution >= 0.6 is 0 Å². The standard InChI is InChI=1S/C28H48N2O3/c1-18(4-7-25(33)30-14-12-29-13-15-30)21-5-6-22-26-23(9-11-28(21,22)3)27(2)10-8-20(31)16-19(27)17-24(26)32/h18-24,26,29,31-32H,4-17H2,1-3H3/t18-,19+,20-,21-,22+,23+,24+,26+,27+,28-/m1/s1. The molecule has 5 rings (SSSR count). The first kappa shape index (κ1) is 24.1. The Morgan fingerprint density at radius 2 is 1.70 bits per heavy atom. The lowest BCUT2D eigenvalue weighted by Crippen LogP contribution is -2.58. The maximum absolute atomic E-state index is 12.8. The second kappa shape index (κ2) is 9.09. The number of fused-ring (bicyclic) bond motifs is 5. The molecule has 4 saturated carbocycles. The molecule has 0 unspecified atom stereocenters. The zero-order valence-corrected chi connectivity index (χ0v) is 21.3. The number of piperazine rings is 1. The lowest BCUT2D eigenvalue weighted by molar-refractivity contribution is -0.174. The van der Waals surface area contributed by atoms with Crippen molar-refractivity contribution >= 4 is 5.91 Å². The van der Waals surface area contributed by atoms with Gasteiger partial charge in [-0.25, -0.2) is 0 Å². The summed E-state index contributed by atoms with van der Waals surface area (Å²) >= 11 is 0. The Labute approximate surface area is 201 Å². The average molecular weight is 461 g/mol. The van der Waals surface area contributed by atoms with Gasteiger partial charge in [-0.15, -0.1) is 0 Å². The van der Waals surface area contributed by atoms with Crippen LogP contribution in [0.4, 0.5) is 0 Å². The molecule has 4 aliphatic carbocycles. The molecule has 0 aromatic heterocycles. The Hall–Kier alpha value is -0.650. The predicted molar refractivity (Wildman–Crippen MR) is 130 cm³/mol. The summed E-state index contributed by atoms with van der Waals surface area (Å²) in [5.41, 5.74) is 0.598. The van der Waals surface area contributed by atoms with E-state index in [0.29, 0.717) is 58.7 Å². The van der Waals surface area contributed by atoms with Crippen molar-refractivity contribution in [3.05, 3.63) is 0 Å². The maximum atomic E-state index is 12.8. The highest BCUT2D eigenvalue weighted by atomic mass is 16.3. The highest BCUT2D eigenvalue weighted by molar-refractivity contribution is 5.76. The van der Waals surface area contributed by atoms with Crippen molar-refractivity contribution in [2.24, 2.45) is 46.3 Å². The molecular formula is C28H48N2O3. The van der Waals surface area contributed by atoms with E-state index in [1.807, 2.05) is 4.90 Å². The third-order valence-electron chi connectivity index (χ3n) is 11.7. The minimum atomic E-state index is -0.202. The molecule has 1 amide bonds. The van der Waals surface area contributed by atoms with E-state index in [9.17, 15) is 15.0 Å². The zero-order valence-electron chi connectivity index (χ0n) is 21.3. The van der Waals surface area contributed by atoms with Crippen molar-refractivity contribution in [1.82, 2.24) is 10.2 Å². The first-order valence-electron chi connectivity index (χ1n) is 14.1. The fourth-order valence-corrected chi connectivity index (χ4v) is 9.80. The van der Waals surface area contributed by atoms with Crippen LogP contribution < -0.4 is 5.32 Å². The summed E-state index contributed by atoms with van der Waals surface area (Å²) in [6.07, 6.45) is 10.2. The lowest BCUT2D eigenvalue weighted by atomic mass is 9.43. The molecule has 1 saturated heterocycles. The monoisotopic (exact) mass is 460 g/mol. The topological polar surface area (TPSA) is 72.8 Å². The third kappa shape index (κ3) is 4.08. The van der Waals surface area contributed by atoms with Gasteiger partial charge in [-0.3, -0.25) is 4.79 Å². The van der Waals surface area contributed by atoms with Crippen LogP contribution in [-0.4, -0.2) is 59.4 Å². The first-order valence-corrected chi connectivity index (χ1v) is 14.1. The van der Waals surface area contributed by atoms with Gasteiger partial charge < -0.3 is 20.4 Å². The molecule has 5 nitrogen and oxygen atoms in total. The molecule has 1 heterocycles. The molecule has 10 atom stereocenters. The second-order valence-electron chi connectivity index (χ2n) is 13.1. The largest absolute Gasteiger partial charge is 0.393 e. The van der Waals surface area contributed by atoms with Crippen molar-refractivity contribution in [2.75, 3.05) is 26.2 Å². The quantitative estimate of drug-likeness (QED) is 0.596. The lowest BCUT2D eigenvalue weighted by Gasteiger charge is -2.62. The number of rotatable bonds is 4. The molecule has 0 aromatic carbocycles. The van der Waals surface area contributed by atoms with Gasteiger partial charge in [-0.05, 0) is 104 Å². The van der Waals surface area contributed by atoms with E-state index in [4.69, 9.17) is 0 Å². The van der Waals surface area contributed by atoms with Crippen molar-refractivity contribution in [2.45, 2.75) is 97.2 Å². The van der Waals surface area contributed by atoms with Crippen LogP contribution in [0.5, 0.6) is 0 Å². The summed E-state index contributed by atoms with van der Waals surface area (Å²) in [5, 5.41) is 25.0. The molecular weight excluding hydrogens is 412 g/mol. The van der Waals surface area contributed by atoms with E-state index >= 15 is 0 Å². The SMILES string of the molecule is C[C@H](CCC(=O)N1CCNCC1)[C@H]1CC[C@H]2[C@@H]3[C@@H](O)C[C@@H]4C[C@H](O)CC[C@]4(C)[C@H]3CC[C@]12C. The summed E-state index contributed by atoms with van der Waals surface area (Å²) in [5.74, 6) is 3.72. The van der Waals surface area contributed by atoms with Crippen LogP contribution in [-0.2, 0) is 4.79 Å². The molecule has 33 heavy (non-hydrogen) atoms. The minimum absolute atomic E-state index is 0.165. The first-order chi connectivity index (χ1) is 15.7. The normalized spacial score (nSPS) is 48.5. The van der Waals surface area contributed by atoms with E-state index in [2.05, 4.69) is 26.1 Å². The van der Waals surface area contributed by atoms with Crippen LogP contribution in [0.1, 0.15) is 85.0 Å². The second-order valence-corrected chi connectivity index (χ2v) is 13.1. The molecule has 0 spiro atoms. The highest BCUT2D eigenvalue weighted by Crippen LogP contribution is 2.68. The summed E-state index contributed by atoms with van der Waals surface area (Å²) in [7, 11) is 0. The van der Waals surface area contributed by atoms with Gasteiger partial charge in [0.15, 0.2) is 0 Å². The number of aliphatic hydroxyl groups is 2. The Balaban J connectivity index is 1.26. The van der Waals surface area contributed by atoms with Crippen LogP contribution in [0.25, 0.3) is 0 Å². The van der Waals surface area contributed by atoms with Gasteiger partial charge in [0.2, 0.25) is 5.91 Å². The fraction of sp³-hybridized carbons (Fsp3) is 0.964. The van der Waals surface area contributed by atoms with E-state index in [1.165, 1.54) is 25.7 Å². The van der Waals surface area contributed by atoms with E-state index in [-0.39, 0.29) is 12.2 Å². The smallest absolute Gasteiger partial charge is 0.222 e. The summed E-state index contributed by atoms with van der Waals surface area (Å²) in [6.45, 7) is 11.0. The number of amides is 1. The highest BCUT2D eigenvalue weighted by Gasteiger charge is 2.62. The molecule has 0 aromatic rings. The van der Waals surface area contributed by atoms with Gasteiger partial charge in [-0.2, -0.15) is 0 Å². The van der Waals surface area contributed by atoms with Gasteiger partial charge in [0, 0.05) is 32.6 Å². The van der Waals surface area contributed by atoms with E-state index in [1.54, 1.807) is 0 Å². The number of nitrogens with one attached hydrogen (secondary N) is 1. The molecule has 5 fully saturated rings. The van der Waals surface area contributed by atoms with Crippen molar-refractivity contribution in [3.8, 4) is 0 Å². The van der Waals surface area contributed by atoms with Gasteiger partial charge in [0.25, 0.3) is 0 Å². The van der Waals surface area contributed by atoms with Gasteiger partial charge >= 0.3 is 0 Å². The van der Waals surface area contributed by atoms with Crippen molar-refractivity contribution < 1.29 is 15.0 Å². The third-order valence-corrected chi connectivity index (χ3v) is 11.7. The number of hydrogen-bond donors (Lipinski definition) is 3. The van der Waals surface area contributed by atoms with Crippen LogP contribution in [0.2, 0.25) is 0 Å². The van der Waals surface area contributed by atoms with E-state index < -0.39 is 0 Å². The molecule has 3 N–H and O–H groups in total. The molecule has 188 valence electrons. The molecule has 5 aliphatic rings. The van der Waals surface area contributed by atoms with Gasteiger partial charge in [0.1, 0.15) is 0 Å². The number of carbonyl (C=O) groups is 1. The number of carbonyl (C=O) groups excluding carboxylic acids is 1. The van der Waals surface area contributed by atoms with Crippen molar-refractivity contribution in [1.29, 1.82) is 0 Å². The Kier molecular flexibility index (Phi) is 6.63. The number of hydrogen-bond acceptors (Lipinski definition) is 4. The number of aliphatic hydroxyl groups excluding tert-OH is 2. The summed E-state index contributed by atoms with van der Waals surface area (Å²) < 4.78 is 0. The molecule has 5 heteroatoms. The Morgan fingerprint density at radius 3 is 2.45 bits per heavy atom. The Morgan fingerprint density at radius 1 is 1.00 bits per heavy atom. The van der Waals surface area contributed by atoms with E-state index in [0.717, 1.165) is 58.3 Å². The fourth-order valence-electron chi connectivity index (χ4n) is 9.80. The van der Waals surface area contributed by atoms with Crippen LogP contribution in [0, 0.1) is 46.3 Å². The summed E-state index contributed by atoms with van der Waals surface area (Å²) in [4.78, 5) is 14.8. The summed E-state index contributed by atoms with van der Waals surface area (Å²) in [6, 6.07) is 0. The van der Waals surface area contributed by atoms with Gasteiger partial charge in [-0.1, -0.05) is 20.8 Å². The molecule has 1 aliphatic heterocycles. The minimum Gasteiger partial charge on any atom is -0.393 e.